The molecule has 0 N–H and O–H groups in total. The van der Waals surface area contributed by atoms with E-state index in [0.717, 1.165) is 29.6 Å². The van der Waals surface area contributed by atoms with E-state index >= 15 is 0 Å². The van der Waals surface area contributed by atoms with Crippen molar-refractivity contribution in [2.75, 3.05) is 0 Å². The Bertz CT molecular complexity index is 1130. The lowest BCUT2D eigenvalue weighted by atomic mass is 9.88. The zero-order valence-electron chi connectivity index (χ0n) is 15.5. The summed E-state index contributed by atoms with van der Waals surface area (Å²) in [6, 6.07) is 5.90. The summed E-state index contributed by atoms with van der Waals surface area (Å²) in [5, 5.41) is 1.39. The lowest BCUT2D eigenvalue weighted by Crippen LogP contribution is -2.25. The van der Waals surface area contributed by atoms with Crippen molar-refractivity contribution < 1.29 is 0 Å². The van der Waals surface area contributed by atoms with E-state index in [0.29, 0.717) is 28.2 Å². The van der Waals surface area contributed by atoms with Crippen molar-refractivity contribution in [3.63, 3.8) is 0 Å². The van der Waals surface area contributed by atoms with Crippen molar-refractivity contribution in [2.45, 2.75) is 43.7 Å². The minimum atomic E-state index is -0.739. The number of allylic oxidation sites excluding steroid dienone is 1. The highest BCUT2D eigenvalue weighted by Crippen LogP contribution is 2.40. The van der Waals surface area contributed by atoms with E-state index in [2.05, 4.69) is 19.5 Å². The second-order valence-corrected chi connectivity index (χ2v) is 8.76. The predicted octanol–water partition coefficient (Wildman–Crippen LogP) is 5.98. The maximum absolute atomic E-state index is 6.46. The van der Waals surface area contributed by atoms with Gasteiger partial charge in [-0.3, -0.25) is 4.99 Å². The van der Waals surface area contributed by atoms with E-state index in [1.54, 1.807) is 12.3 Å². The zero-order chi connectivity index (χ0) is 20.0. The van der Waals surface area contributed by atoms with Crippen LogP contribution in [0, 0.1) is 0 Å². The molecule has 8 heteroatoms. The van der Waals surface area contributed by atoms with Gasteiger partial charge in [-0.25, -0.2) is 9.97 Å². The smallest absolute Gasteiger partial charge is 0.224 e. The molecule has 148 valence electrons. The third-order valence-corrected chi connectivity index (χ3v) is 6.52. The van der Waals surface area contributed by atoms with Crippen LogP contribution in [-0.2, 0) is 12.0 Å². The molecule has 1 fully saturated rings. The molecule has 0 bridgehead atoms. The Morgan fingerprint density at radius 3 is 2.66 bits per heavy atom. The van der Waals surface area contributed by atoms with Gasteiger partial charge in [0.05, 0.1) is 6.33 Å². The Kier molecular flexibility index (Phi) is 4.85. The van der Waals surface area contributed by atoms with Crippen LogP contribution >= 0.6 is 34.8 Å². The molecule has 29 heavy (non-hydrogen) atoms. The molecule has 2 aliphatic rings. The SMILES string of the molecule is Clc1ccc(CC2(c3nc(Cl)nc4c3ncn4C3CCCC3)C=CC=N2)c(Cl)c1. The van der Waals surface area contributed by atoms with Gasteiger partial charge < -0.3 is 4.57 Å². The van der Waals surface area contributed by atoms with E-state index in [9.17, 15) is 0 Å². The van der Waals surface area contributed by atoms with Crippen LogP contribution in [0.1, 0.15) is 43.0 Å². The first kappa shape index (κ1) is 19.0. The Morgan fingerprint density at radius 2 is 1.93 bits per heavy atom. The summed E-state index contributed by atoms with van der Waals surface area (Å²) in [7, 11) is 0. The number of fused-ring (bicyclic) bond motifs is 1. The number of imidazole rings is 1. The first-order valence-electron chi connectivity index (χ1n) is 9.63. The molecule has 0 radical (unpaired) electrons. The number of benzene rings is 1. The normalized spacial score (nSPS) is 21.6. The summed E-state index contributed by atoms with van der Waals surface area (Å²) in [4.78, 5) is 18.6. The van der Waals surface area contributed by atoms with E-state index < -0.39 is 5.54 Å². The Labute approximate surface area is 183 Å². The number of rotatable bonds is 4. The number of halogens is 3. The van der Waals surface area contributed by atoms with Gasteiger partial charge in [-0.15, -0.1) is 0 Å². The fourth-order valence-corrected chi connectivity index (χ4v) is 4.99. The van der Waals surface area contributed by atoms with Crippen LogP contribution in [0.4, 0.5) is 0 Å². The molecule has 2 aromatic heterocycles. The highest BCUT2D eigenvalue weighted by atomic mass is 35.5. The molecule has 0 amide bonds. The summed E-state index contributed by atoms with van der Waals surface area (Å²) >= 11 is 18.9. The Morgan fingerprint density at radius 1 is 1.10 bits per heavy atom. The summed E-state index contributed by atoms with van der Waals surface area (Å²) < 4.78 is 2.14. The second kappa shape index (κ2) is 7.38. The van der Waals surface area contributed by atoms with Gasteiger partial charge >= 0.3 is 0 Å². The van der Waals surface area contributed by atoms with Crippen molar-refractivity contribution >= 4 is 52.2 Å². The molecule has 3 aromatic rings. The molecule has 1 aliphatic carbocycles. The molecular formula is C21H18Cl3N5. The molecule has 1 saturated carbocycles. The quantitative estimate of drug-likeness (QED) is 0.463. The van der Waals surface area contributed by atoms with Crippen molar-refractivity contribution in [3.8, 4) is 0 Å². The van der Waals surface area contributed by atoms with Gasteiger partial charge in [-0.05, 0) is 54.3 Å². The highest BCUT2D eigenvalue weighted by molar-refractivity contribution is 6.35. The molecule has 5 nitrogen and oxygen atoms in total. The molecule has 0 spiro atoms. The number of hydrogen-bond acceptors (Lipinski definition) is 4. The van der Waals surface area contributed by atoms with Crippen LogP contribution in [0.5, 0.6) is 0 Å². The van der Waals surface area contributed by atoms with Gasteiger partial charge in [0.1, 0.15) is 16.7 Å². The van der Waals surface area contributed by atoms with Crippen LogP contribution in [-0.4, -0.2) is 25.7 Å². The predicted molar refractivity (Wildman–Crippen MR) is 117 cm³/mol. The van der Waals surface area contributed by atoms with Crippen molar-refractivity contribution in [3.05, 3.63) is 63.3 Å². The van der Waals surface area contributed by atoms with Crippen molar-refractivity contribution in [1.82, 2.24) is 19.5 Å². The highest BCUT2D eigenvalue weighted by Gasteiger charge is 2.37. The van der Waals surface area contributed by atoms with Gasteiger partial charge in [-0.1, -0.05) is 42.1 Å². The number of nitrogens with zero attached hydrogens (tertiary/aromatic N) is 5. The molecule has 1 unspecified atom stereocenters. The van der Waals surface area contributed by atoms with E-state index in [-0.39, 0.29) is 5.28 Å². The van der Waals surface area contributed by atoms with Crippen molar-refractivity contribution in [1.29, 1.82) is 0 Å². The molecular weight excluding hydrogens is 429 g/mol. The Hall–Kier alpha value is -1.95. The van der Waals surface area contributed by atoms with Gasteiger partial charge in [-0.2, -0.15) is 4.98 Å². The van der Waals surface area contributed by atoms with Gasteiger partial charge in [0.2, 0.25) is 5.28 Å². The largest absolute Gasteiger partial charge is 0.312 e. The fraction of sp³-hybridized carbons (Fsp3) is 0.333. The molecule has 3 heterocycles. The molecule has 0 saturated heterocycles. The first-order chi connectivity index (χ1) is 14.1. The van der Waals surface area contributed by atoms with Crippen LogP contribution < -0.4 is 0 Å². The van der Waals surface area contributed by atoms with Gasteiger partial charge in [0.15, 0.2) is 5.65 Å². The summed E-state index contributed by atoms with van der Waals surface area (Å²) in [5.74, 6) is 0. The van der Waals surface area contributed by atoms with Crippen molar-refractivity contribution in [2.24, 2.45) is 4.99 Å². The average Bonchev–Trinajstić information content (AvgIpc) is 3.43. The minimum Gasteiger partial charge on any atom is -0.312 e. The van der Waals surface area contributed by atoms with E-state index in [4.69, 9.17) is 39.8 Å². The lowest BCUT2D eigenvalue weighted by molar-refractivity contribution is 0.528. The maximum Gasteiger partial charge on any atom is 0.224 e. The first-order valence-corrected chi connectivity index (χ1v) is 10.8. The maximum atomic E-state index is 6.46. The summed E-state index contributed by atoms with van der Waals surface area (Å²) in [6.07, 6.45) is 12.8. The molecule has 5 rings (SSSR count). The monoisotopic (exact) mass is 445 g/mol. The summed E-state index contributed by atoms with van der Waals surface area (Å²) in [6.45, 7) is 0. The van der Waals surface area contributed by atoms with Gasteiger partial charge in [0, 0.05) is 28.7 Å². The average molecular weight is 447 g/mol. The van der Waals surface area contributed by atoms with E-state index in [1.807, 2.05) is 30.6 Å². The zero-order valence-corrected chi connectivity index (χ0v) is 17.8. The summed E-state index contributed by atoms with van der Waals surface area (Å²) in [5.41, 5.74) is 2.38. The molecule has 1 aliphatic heterocycles. The van der Waals surface area contributed by atoms with Crippen LogP contribution in [0.25, 0.3) is 11.2 Å². The number of aliphatic imine (C=N–C) groups is 1. The van der Waals surface area contributed by atoms with E-state index in [1.165, 1.54) is 12.8 Å². The minimum absolute atomic E-state index is 0.198. The van der Waals surface area contributed by atoms with Crippen LogP contribution in [0.2, 0.25) is 15.3 Å². The fourth-order valence-electron chi connectivity index (χ4n) is 4.35. The molecule has 1 atom stereocenters. The third-order valence-electron chi connectivity index (χ3n) is 5.76. The topological polar surface area (TPSA) is 56.0 Å². The second-order valence-electron chi connectivity index (χ2n) is 7.58. The number of aromatic nitrogens is 4. The lowest BCUT2D eigenvalue weighted by Gasteiger charge is -2.25. The van der Waals surface area contributed by atoms with Gasteiger partial charge in [0.25, 0.3) is 0 Å². The standard InChI is InChI=1S/C21H18Cl3N5/c22-14-7-6-13(16(23)10-14)11-21(8-3-9-26-21)18-17-19(28-20(24)27-18)29(12-25-17)15-4-1-2-5-15/h3,6-10,12,15H,1-2,4-5,11H2. The third kappa shape index (κ3) is 3.35. The molecule has 1 aromatic carbocycles. The van der Waals surface area contributed by atoms with Crippen LogP contribution in [0.15, 0.2) is 41.7 Å². The number of hydrogen-bond donors (Lipinski definition) is 0. The van der Waals surface area contributed by atoms with Crippen LogP contribution in [0.3, 0.4) is 0 Å². The Balaban J connectivity index is 1.65.